The zero-order chi connectivity index (χ0) is 39.1. The van der Waals surface area contributed by atoms with Crippen molar-refractivity contribution in [2.75, 3.05) is 39.1 Å². The molecule has 2 aromatic carbocycles. The second-order valence-electron chi connectivity index (χ2n) is 13.7. The van der Waals surface area contributed by atoms with Crippen molar-refractivity contribution in [2.45, 2.75) is 62.4 Å². The maximum Gasteiger partial charge on any atom is 0.349 e. The summed E-state index contributed by atoms with van der Waals surface area (Å²) >= 11 is 9.25. The largest absolute Gasteiger partial charge is 0.506 e. The van der Waals surface area contributed by atoms with E-state index in [1.54, 1.807) is 43.5 Å². The number of aromatic nitrogens is 1. The summed E-state index contributed by atoms with van der Waals surface area (Å²) in [5.41, 5.74) is -0.0489. The number of esters is 1. The molecule has 5 aromatic rings. The fraction of sp³-hybridized carbons (Fsp3) is 0.375. The van der Waals surface area contributed by atoms with E-state index in [2.05, 4.69) is 20.5 Å². The van der Waals surface area contributed by atoms with Gasteiger partial charge in [-0.05, 0) is 97.9 Å². The Balaban J connectivity index is 0.00000600. The van der Waals surface area contributed by atoms with Crippen molar-refractivity contribution in [1.82, 2.24) is 15.2 Å². The quantitative estimate of drug-likeness (QED) is 0.0505. The summed E-state index contributed by atoms with van der Waals surface area (Å²) < 4.78 is 11.5. The van der Waals surface area contributed by atoms with Crippen molar-refractivity contribution < 1.29 is 39.1 Å². The third kappa shape index (κ3) is 9.77. The lowest BCUT2D eigenvalue weighted by molar-refractivity contribution is -0.169. The number of aliphatic hydroxyl groups excluding tert-OH is 1. The average molecular weight is 829 g/mol. The van der Waals surface area contributed by atoms with Gasteiger partial charge in [0, 0.05) is 43.1 Å². The van der Waals surface area contributed by atoms with Crippen LogP contribution in [-0.4, -0.2) is 83.0 Å². The van der Waals surface area contributed by atoms with Crippen LogP contribution in [0, 0.1) is 0 Å². The number of rotatable bonds is 16. The number of hydrogen-bond acceptors (Lipinski definition) is 12. The van der Waals surface area contributed by atoms with Crippen LogP contribution < -0.4 is 20.9 Å². The van der Waals surface area contributed by atoms with E-state index in [4.69, 9.17) is 21.1 Å². The number of anilines is 1. The fourth-order valence-corrected chi connectivity index (χ4v) is 8.95. The summed E-state index contributed by atoms with van der Waals surface area (Å²) in [5, 5.41) is 43.3. The number of hydrogen-bond donors (Lipinski definition) is 6. The number of halogens is 2. The van der Waals surface area contributed by atoms with Gasteiger partial charge >= 0.3 is 5.97 Å². The van der Waals surface area contributed by atoms with Crippen molar-refractivity contribution in [3.63, 3.8) is 0 Å². The highest BCUT2D eigenvalue weighted by atomic mass is 35.5. The van der Waals surface area contributed by atoms with Crippen LogP contribution in [0.3, 0.4) is 0 Å². The summed E-state index contributed by atoms with van der Waals surface area (Å²) in [5.74, 6) is -0.342. The van der Waals surface area contributed by atoms with Crippen LogP contribution in [0.2, 0.25) is 5.02 Å². The van der Waals surface area contributed by atoms with Gasteiger partial charge in [-0.1, -0.05) is 29.8 Å². The third-order valence-corrected chi connectivity index (χ3v) is 12.4. The summed E-state index contributed by atoms with van der Waals surface area (Å²) in [7, 11) is 3.54. The molecule has 6 rings (SSSR count). The van der Waals surface area contributed by atoms with Crippen molar-refractivity contribution in [1.29, 1.82) is 0 Å². The molecule has 0 bridgehead atoms. The van der Waals surface area contributed by atoms with Gasteiger partial charge in [-0.15, -0.1) is 22.7 Å². The second kappa shape index (κ2) is 19.2. The monoisotopic (exact) mass is 828 g/mol. The molecule has 1 aliphatic rings. The Kier molecular flexibility index (Phi) is 14.7. The third-order valence-electron chi connectivity index (χ3n) is 10.1. The molecular formula is C40H46ClFN4O8S2. The Bertz CT molecular complexity index is 2110. The lowest BCUT2D eigenvalue weighted by atomic mass is 9.91. The van der Waals surface area contributed by atoms with Crippen LogP contribution in [0.25, 0.3) is 10.9 Å². The molecular weight excluding hydrogens is 783 g/mol. The lowest BCUT2D eigenvalue weighted by Gasteiger charge is -2.35. The van der Waals surface area contributed by atoms with Gasteiger partial charge in [0.25, 0.3) is 0 Å². The Morgan fingerprint density at radius 2 is 1.75 bits per heavy atom. The van der Waals surface area contributed by atoms with Crippen molar-refractivity contribution >= 4 is 62.7 Å². The number of pyridine rings is 1. The summed E-state index contributed by atoms with van der Waals surface area (Å²) in [6, 6.07) is 16.8. The molecule has 6 N–H and O–H groups in total. The molecule has 0 aliphatic heterocycles. The number of nitrogens with zero attached hydrogens (tertiary/aromatic N) is 1. The standard InChI is InChI=1S/C40H45ClN4O8S2.FH/c1-45(25-7-9-26(10-8-25)53-39(50)40(51,34-5-3-19-54-34)35-6-4-20-55-35)18-16-37(49)43-30-22-33(52-2)24(21-29(30)41)15-17-42-23-32(47)27-11-13-31(46)38-28(27)12-14-36(48)44-38;/h3-6,11-14,19-22,25-26,32,42,46-47,51H,7-10,15-18,23H2,1-2H3,(H,43,49)(H,44,48);1H/t25?,26?,32-;/m0./s1. The Labute approximate surface area is 336 Å². The molecule has 0 unspecified atom stereocenters. The summed E-state index contributed by atoms with van der Waals surface area (Å²) in [6.45, 7) is 1.24. The van der Waals surface area contributed by atoms with E-state index in [1.165, 1.54) is 34.8 Å². The first-order valence-corrected chi connectivity index (χ1v) is 20.2. The molecule has 3 aromatic heterocycles. The molecule has 0 radical (unpaired) electrons. The lowest BCUT2D eigenvalue weighted by Crippen LogP contribution is -2.42. The van der Waals surface area contributed by atoms with Crippen LogP contribution in [0.1, 0.15) is 59.1 Å². The molecule has 12 nitrogen and oxygen atoms in total. The number of phenolic OH excluding ortho intramolecular Hbond substituents is 1. The van der Waals surface area contributed by atoms with Crippen LogP contribution >= 0.6 is 34.3 Å². The molecule has 1 aliphatic carbocycles. The van der Waals surface area contributed by atoms with E-state index in [-0.39, 0.29) is 52.5 Å². The number of carbonyl (C=O) groups is 2. The number of nitrogens with one attached hydrogen (secondary N) is 3. The first-order chi connectivity index (χ1) is 26.5. The van der Waals surface area contributed by atoms with E-state index >= 15 is 0 Å². The molecule has 1 amide bonds. The maximum absolute atomic E-state index is 13.4. The summed E-state index contributed by atoms with van der Waals surface area (Å²) in [6.07, 6.45) is 2.50. The van der Waals surface area contributed by atoms with Crippen LogP contribution in [0.4, 0.5) is 10.4 Å². The fourth-order valence-electron chi connectivity index (χ4n) is 7.00. The average Bonchev–Trinajstić information content (AvgIpc) is 3.93. The maximum atomic E-state index is 13.4. The molecule has 1 saturated carbocycles. The normalized spacial score (nSPS) is 16.3. The van der Waals surface area contributed by atoms with E-state index in [1.807, 2.05) is 29.9 Å². The molecule has 1 fully saturated rings. The van der Waals surface area contributed by atoms with Crippen LogP contribution in [0.15, 0.2) is 76.2 Å². The number of amides is 1. The van der Waals surface area contributed by atoms with E-state index < -0.39 is 17.7 Å². The number of methoxy groups -OCH3 is 1. The van der Waals surface area contributed by atoms with Gasteiger partial charge in [-0.2, -0.15) is 0 Å². The highest BCUT2D eigenvalue weighted by molar-refractivity contribution is 7.12. The number of thiophene rings is 2. The van der Waals surface area contributed by atoms with Crippen molar-refractivity contribution in [3.05, 3.63) is 108 Å². The molecule has 300 valence electrons. The zero-order valence-electron chi connectivity index (χ0n) is 31.0. The molecule has 0 saturated heterocycles. The molecule has 0 spiro atoms. The van der Waals surface area contributed by atoms with Crippen molar-refractivity contribution in [3.8, 4) is 11.5 Å². The highest BCUT2D eigenvalue weighted by Gasteiger charge is 2.45. The molecule has 16 heteroatoms. The van der Waals surface area contributed by atoms with Crippen LogP contribution in [-0.2, 0) is 26.3 Å². The van der Waals surface area contributed by atoms with Gasteiger partial charge in [0.15, 0.2) is 0 Å². The van der Waals surface area contributed by atoms with Crippen molar-refractivity contribution in [2.24, 2.45) is 0 Å². The van der Waals surface area contributed by atoms with Gasteiger partial charge in [-0.25, -0.2) is 4.79 Å². The number of aromatic amines is 1. The number of H-pyrrole nitrogens is 1. The first kappa shape index (κ1) is 42.8. The topological polar surface area (TPSA) is 173 Å². The number of aliphatic hydroxyl groups is 2. The second-order valence-corrected chi connectivity index (χ2v) is 16.0. The smallest absolute Gasteiger partial charge is 0.349 e. The Morgan fingerprint density at radius 3 is 2.39 bits per heavy atom. The number of phenols is 1. The SMILES string of the molecule is COc1cc(NC(=O)CCN(C)C2CCC(OC(=O)C(O)(c3cccs3)c3cccs3)CC2)c(Cl)cc1CCNC[C@H](O)c1ccc(O)c2[nH]c(=O)ccc12.F. The Hall–Kier alpha value is -4.35. The summed E-state index contributed by atoms with van der Waals surface area (Å²) in [4.78, 5) is 44.0. The minimum atomic E-state index is -1.82. The Morgan fingerprint density at radius 1 is 1.05 bits per heavy atom. The number of benzene rings is 2. The predicted octanol–water partition coefficient (Wildman–Crippen LogP) is 6.09. The highest BCUT2D eigenvalue weighted by Crippen LogP contribution is 2.38. The number of aromatic hydroxyl groups is 1. The molecule has 3 heterocycles. The van der Waals surface area contributed by atoms with E-state index in [9.17, 15) is 29.7 Å². The van der Waals surface area contributed by atoms with Gasteiger partial charge in [-0.3, -0.25) is 14.3 Å². The predicted molar refractivity (Wildman–Crippen MR) is 218 cm³/mol. The van der Waals surface area contributed by atoms with Gasteiger partial charge < -0.3 is 45.3 Å². The van der Waals surface area contributed by atoms with E-state index in [0.717, 1.165) is 18.4 Å². The number of ether oxygens (including phenoxy) is 2. The molecule has 1 atom stereocenters. The minimum absolute atomic E-state index is 0. The number of fused-ring (bicyclic) bond motifs is 1. The van der Waals surface area contributed by atoms with E-state index in [0.29, 0.717) is 69.5 Å². The number of carbonyl (C=O) groups excluding carboxylic acids is 2. The minimum Gasteiger partial charge on any atom is -0.506 e. The zero-order valence-corrected chi connectivity index (χ0v) is 33.3. The van der Waals surface area contributed by atoms with Gasteiger partial charge in [0.05, 0.1) is 39.2 Å². The van der Waals surface area contributed by atoms with Crippen LogP contribution in [0.5, 0.6) is 11.5 Å². The molecule has 56 heavy (non-hydrogen) atoms. The van der Waals surface area contributed by atoms with Gasteiger partial charge in [0.1, 0.15) is 17.6 Å². The van der Waals surface area contributed by atoms with Gasteiger partial charge in [0.2, 0.25) is 17.1 Å². The first-order valence-electron chi connectivity index (χ1n) is 18.1.